The quantitative estimate of drug-likeness (QED) is 0.858. The Morgan fingerprint density at radius 2 is 2.27 bits per heavy atom. The Labute approximate surface area is 92.2 Å². The van der Waals surface area contributed by atoms with Gasteiger partial charge in [0.15, 0.2) is 0 Å². The zero-order valence-electron chi connectivity index (χ0n) is 7.97. The van der Waals surface area contributed by atoms with Crippen LogP contribution in [0.1, 0.15) is 11.4 Å². The van der Waals surface area contributed by atoms with Crippen LogP contribution in [0.2, 0.25) is 5.02 Å². The van der Waals surface area contributed by atoms with E-state index < -0.39 is 0 Å². The summed E-state index contributed by atoms with van der Waals surface area (Å²) in [5.74, 6) is 0.628. The van der Waals surface area contributed by atoms with Crippen LogP contribution >= 0.6 is 11.6 Å². The monoisotopic (exact) mass is 223 g/mol. The molecule has 0 bridgehead atoms. The number of aliphatic hydroxyl groups is 1. The fourth-order valence-electron chi connectivity index (χ4n) is 1.35. The SMILES string of the molecule is OCc1nccn1Cc1ccncc1Cl. The molecule has 2 aromatic rings. The average molecular weight is 224 g/mol. The number of rotatable bonds is 3. The van der Waals surface area contributed by atoms with Gasteiger partial charge < -0.3 is 9.67 Å². The van der Waals surface area contributed by atoms with Gasteiger partial charge in [0.1, 0.15) is 12.4 Å². The second kappa shape index (κ2) is 4.42. The van der Waals surface area contributed by atoms with Crippen molar-refractivity contribution in [2.45, 2.75) is 13.2 Å². The summed E-state index contributed by atoms with van der Waals surface area (Å²) in [7, 11) is 0. The maximum absolute atomic E-state index is 9.03. The predicted molar refractivity (Wildman–Crippen MR) is 56.5 cm³/mol. The van der Waals surface area contributed by atoms with E-state index in [-0.39, 0.29) is 6.61 Å². The zero-order valence-corrected chi connectivity index (χ0v) is 8.72. The first kappa shape index (κ1) is 10.1. The Balaban J connectivity index is 2.26. The minimum atomic E-state index is -0.0737. The van der Waals surface area contributed by atoms with Crippen LogP contribution in [0.4, 0.5) is 0 Å². The molecule has 0 aliphatic rings. The van der Waals surface area contributed by atoms with Crippen molar-refractivity contribution in [2.24, 2.45) is 0 Å². The van der Waals surface area contributed by atoms with Crippen LogP contribution in [0.25, 0.3) is 0 Å². The van der Waals surface area contributed by atoms with Gasteiger partial charge in [0.2, 0.25) is 0 Å². The standard InChI is InChI=1S/C10H10ClN3O/c11-9-5-12-2-1-8(9)6-14-4-3-13-10(14)7-15/h1-5,15H,6-7H2. The highest BCUT2D eigenvalue weighted by Gasteiger charge is 2.04. The number of halogens is 1. The third-order valence-electron chi connectivity index (χ3n) is 2.14. The van der Waals surface area contributed by atoms with Crippen LogP contribution in [0.15, 0.2) is 30.9 Å². The van der Waals surface area contributed by atoms with E-state index in [2.05, 4.69) is 9.97 Å². The van der Waals surface area contributed by atoms with E-state index >= 15 is 0 Å². The second-order valence-corrected chi connectivity index (χ2v) is 3.50. The van der Waals surface area contributed by atoms with Crippen LogP contribution in [0.5, 0.6) is 0 Å². The Kier molecular flexibility index (Phi) is 2.99. The van der Waals surface area contributed by atoms with Gasteiger partial charge in [-0.2, -0.15) is 0 Å². The molecule has 0 atom stereocenters. The third-order valence-corrected chi connectivity index (χ3v) is 2.48. The number of pyridine rings is 1. The van der Waals surface area contributed by atoms with E-state index in [1.165, 1.54) is 0 Å². The van der Waals surface area contributed by atoms with E-state index in [0.29, 0.717) is 17.4 Å². The summed E-state index contributed by atoms with van der Waals surface area (Å²) in [6.45, 7) is 0.521. The van der Waals surface area contributed by atoms with Crippen LogP contribution in [0.3, 0.4) is 0 Å². The lowest BCUT2D eigenvalue weighted by molar-refractivity contribution is 0.266. The fourth-order valence-corrected chi connectivity index (χ4v) is 1.53. The summed E-state index contributed by atoms with van der Waals surface area (Å²) < 4.78 is 1.85. The molecule has 0 saturated carbocycles. The van der Waals surface area contributed by atoms with Crippen LogP contribution in [0, 0.1) is 0 Å². The van der Waals surface area contributed by atoms with Crippen molar-refractivity contribution >= 4 is 11.6 Å². The molecule has 0 radical (unpaired) electrons. The lowest BCUT2D eigenvalue weighted by Gasteiger charge is -2.07. The molecule has 0 fully saturated rings. The molecule has 0 amide bonds. The molecule has 0 aromatic carbocycles. The maximum atomic E-state index is 9.03. The lowest BCUT2D eigenvalue weighted by atomic mass is 10.2. The highest BCUT2D eigenvalue weighted by Crippen LogP contribution is 2.15. The van der Waals surface area contributed by atoms with Crippen molar-refractivity contribution in [1.29, 1.82) is 0 Å². The number of aliphatic hydroxyl groups excluding tert-OH is 1. The minimum absolute atomic E-state index is 0.0737. The zero-order chi connectivity index (χ0) is 10.7. The summed E-state index contributed by atoms with van der Waals surface area (Å²) in [6, 6.07) is 1.85. The molecular weight excluding hydrogens is 214 g/mol. The molecule has 78 valence electrons. The van der Waals surface area contributed by atoms with E-state index in [4.69, 9.17) is 16.7 Å². The summed E-state index contributed by atoms with van der Waals surface area (Å²) in [5.41, 5.74) is 0.958. The van der Waals surface area contributed by atoms with Gasteiger partial charge in [0.25, 0.3) is 0 Å². The Bertz CT molecular complexity index is 455. The van der Waals surface area contributed by atoms with Gasteiger partial charge in [0.05, 0.1) is 11.6 Å². The summed E-state index contributed by atoms with van der Waals surface area (Å²) in [5, 5.41) is 9.65. The normalized spacial score (nSPS) is 10.5. The van der Waals surface area contributed by atoms with Gasteiger partial charge >= 0.3 is 0 Å². The van der Waals surface area contributed by atoms with Crippen molar-refractivity contribution in [3.8, 4) is 0 Å². The molecule has 2 heterocycles. The molecule has 5 heteroatoms. The number of aromatic nitrogens is 3. The Morgan fingerprint density at radius 1 is 1.40 bits per heavy atom. The summed E-state index contributed by atoms with van der Waals surface area (Å²) in [6.07, 6.45) is 6.76. The molecule has 2 rings (SSSR count). The van der Waals surface area contributed by atoms with Gasteiger partial charge in [-0.25, -0.2) is 4.98 Å². The van der Waals surface area contributed by atoms with E-state index in [0.717, 1.165) is 5.56 Å². The Morgan fingerprint density at radius 3 is 3.00 bits per heavy atom. The van der Waals surface area contributed by atoms with Crippen molar-refractivity contribution in [3.63, 3.8) is 0 Å². The van der Waals surface area contributed by atoms with Crippen LogP contribution in [-0.4, -0.2) is 19.6 Å². The molecule has 2 aromatic heterocycles. The van der Waals surface area contributed by atoms with Gasteiger partial charge in [0, 0.05) is 24.8 Å². The lowest BCUT2D eigenvalue weighted by Crippen LogP contribution is -2.04. The smallest absolute Gasteiger partial charge is 0.134 e. The molecule has 0 unspecified atom stereocenters. The molecule has 4 nitrogen and oxygen atoms in total. The van der Waals surface area contributed by atoms with Gasteiger partial charge in [-0.15, -0.1) is 0 Å². The first-order valence-electron chi connectivity index (χ1n) is 4.50. The number of hydrogen-bond acceptors (Lipinski definition) is 3. The van der Waals surface area contributed by atoms with Gasteiger partial charge in [-0.1, -0.05) is 11.6 Å². The average Bonchev–Trinajstić information content (AvgIpc) is 2.69. The molecule has 0 aliphatic heterocycles. The van der Waals surface area contributed by atoms with Gasteiger partial charge in [-0.05, 0) is 11.6 Å². The fraction of sp³-hybridized carbons (Fsp3) is 0.200. The highest BCUT2D eigenvalue weighted by molar-refractivity contribution is 6.31. The Hall–Kier alpha value is -1.39. The van der Waals surface area contributed by atoms with Gasteiger partial charge in [-0.3, -0.25) is 4.98 Å². The van der Waals surface area contributed by atoms with Crippen molar-refractivity contribution in [1.82, 2.24) is 14.5 Å². The first-order valence-corrected chi connectivity index (χ1v) is 4.88. The molecule has 0 spiro atoms. The first-order chi connectivity index (χ1) is 7.31. The molecule has 1 N–H and O–H groups in total. The van der Waals surface area contributed by atoms with Crippen molar-refractivity contribution in [2.75, 3.05) is 0 Å². The number of nitrogens with zero attached hydrogens (tertiary/aromatic N) is 3. The number of imidazole rings is 1. The van der Waals surface area contributed by atoms with Crippen LogP contribution in [-0.2, 0) is 13.2 Å². The van der Waals surface area contributed by atoms with E-state index in [1.54, 1.807) is 18.6 Å². The highest BCUT2D eigenvalue weighted by atomic mass is 35.5. The van der Waals surface area contributed by atoms with Crippen molar-refractivity contribution in [3.05, 3.63) is 47.3 Å². The second-order valence-electron chi connectivity index (χ2n) is 3.10. The predicted octanol–water partition coefficient (Wildman–Crippen LogP) is 1.47. The largest absolute Gasteiger partial charge is 0.388 e. The molecular formula is C10H10ClN3O. The molecule has 0 aliphatic carbocycles. The van der Waals surface area contributed by atoms with E-state index in [9.17, 15) is 0 Å². The molecule has 0 saturated heterocycles. The van der Waals surface area contributed by atoms with Crippen LogP contribution < -0.4 is 0 Å². The topological polar surface area (TPSA) is 50.9 Å². The minimum Gasteiger partial charge on any atom is -0.388 e. The molecule has 15 heavy (non-hydrogen) atoms. The summed E-state index contributed by atoms with van der Waals surface area (Å²) >= 11 is 5.98. The van der Waals surface area contributed by atoms with E-state index in [1.807, 2.05) is 16.8 Å². The number of hydrogen-bond donors (Lipinski definition) is 1. The van der Waals surface area contributed by atoms with Crippen molar-refractivity contribution < 1.29 is 5.11 Å². The third kappa shape index (κ3) is 2.16. The maximum Gasteiger partial charge on any atom is 0.134 e. The summed E-state index contributed by atoms with van der Waals surface area (Å²) in [4.78, 5) is 7.93.